The smallest absolute Gasteiger partial charge is 0.328 e. The zero-order chi connectivity index (χ0) is 24.6. The van der Waals surface area contributed by atoms with Gasteiger partial charge in [0.2, 0.25) is 5.91 Å². The molecule has 1 N–H and O–H groups in total. The van der Waals surface area contributed by atoms with Gasteiger partial charge in [-0.05, 0) is 42.0 Å². The van der Waals surface area contributed by atoms with E-state index >= 15 is 0 Å². The van der Waals surface area contributed by atoms with Crippen LogP contribution in [0.2, 0.25) is 0 Å². The van der Waals surface area contributed by atoms with Crippen molar-refractivity contribution in [2.24, 2.45) is 0 Å². The summed E-state index contributed by atoms with van der Waals surface area (Å²) in [5.41, 5.74) is 4.26. The van der Waals surface area contributed by atoms with Gasteiger partial charge < -0.3 is 14.7 Å². The van der Waals surface area contributed by atoms with Crippen molar-refractivity contribution in [2.45, 2.75) is 13.1 Å². The first-order valence-corrected chi connectivity index (χ1v) is 11.1. The van der Waals surface area contributed by atoms with E-state index in [1.54, 1.807) is 16.7 Å². The number of hydrogen-bond acceptors (Lipinski definition) is 4. The first kappa shape index (κ1) is 23.5. The number of benzene rings is 3. The Kier molecular flexibility index (Phi) is 7.37. The van der Waals surface area contributed by atoms with Crippen LogP contribution in [0.3, 0.4) is 0 Å². The van der Waals surface area contributed by atoms with Gasteiger partial charge in [-0.2, -0.15) is 5.10 Å². The average molecular weight is 468 g/mol. The second-order valence-corrected chi connectivity index (χ2v) is 7.86. The second-order valence-electron chi connectivity index (χ2n) is 7.86. The van der Waals surface area contributed by atoms with Crippen LogP contribution in [0.1, 0.15) is 11.1 Å². The van der Waals surface area contributed by atoms with Crippen molar-refractivity contribution in [3.63, 3.8) is 0 Å². The molecule has 1 aromatic heterocycles. The highest BCUT2D eigenvalue weighted by molar-refractivity contribution is 5.94. The van der Waals surface area contributed by atoms with E-state index in [0.29, 0.717) is 6.54 Å². The number of aliphatic carboxylic acids is 1. The van der Waals surface area contributed by atoms with Gasteiger partial charge in [-0.3, -0.25) is 4.79 Å². The first-order chi connectivity index (χ1) is 17.0. The highest BCUT2D eigenvalue weighted by Crippen LogP contribution is 2.27. The van der Waals surface area contributed by atoms with E-state index in [1.165, 1.54) is 0 Å². The number of nitrogens with zero attached hydrogens (tertiary/aromatic N) is 3. The fraction of sp³-hybridized carbons (Fsp3) is 0.107. The highest BCUT2D eigenvalue weighted by Gasteiger charge is 2.19. The molecule has 7 heteroatoms. The topological polar surface area (TPSA) is 84.7 Å². The van der Waals surface area contributed by atoms with E-state index in [9.17, 15) is 9.59 Å². The van der Waals surface area contributed by atoms with Crippen LogP contribution in [0.25, 0.3) is 16.9 Å². The third kappa shape index (κ3) is 6.03. The summed E-state index contributed by atoms with van der Waals surface area (Å²) in [6.45, 7) is 0.564. The molecule has 176 valence electrons. The molecule has 1 amide bonds. The number of carbonyl (C=O) groups excluding carboxylic acids is 1. The molecule has 7 nitrogen and oxygen atoms in total. The molecule has 4 aromatic rings. The zero-order valence-electron chi connectivity index (χ0n) is 19.2. The number of amides is 1. The summed E-state index contributed by atoms with van der Waals surface area (Å²) in [5, 5.41) is 13.8. The lowest BCUT2D eigenvalue weighted by Crippen LogP contribution is -2.28. The van der Waals surface area contributed by atoms with Gasteiger partial charge in [-0.25, -0.2) is 9.48 Å². The van der Waals surface area contributed by atoms with E-state index in [0.717, 1.165) is 46.0 Å². The number of carbonyl (C=O) groups is 2. The Morgan fingerprint density at radius 1 is 0.914 bits per heavy atom. The molecular formula is C28H25N3O4. The third-order valence-corrected chi connectivity index (χ3v) is 5.43. The van der Waals surface area contributed by atoms with Gasteiger partial charge in [0.15, 0.2) is 0 Å². The maximum Gasteiger partial charge on any atom is 0.328 e. The number of hydrogen-bond donors (Lipinski definition) is 1. The molecular weight excluding hydrogens is 442 g/mol. The Morgan fingerprint density at radius 3 is 2.20 bits per heavy atom. The van der Waals surface area contributed by atoms with Crippen LogP contribution in [0.15, 0.2) is 103 Å². The van der Waals surface area contributed by atoms with E-state index in [1.807, 2.05) is 91.1 Å². The quantitative estimate of drug-likeness (QED) is 0.360. The summed E-state index contributed by atoms with van der Waals surface area (Å²) >= 11 is 0. The molecule has 35 heavy (non-hydrogen) atoms. The molecule has 0 aliphatic heterocycles. The minimum Gasteiger partial charge on any atom is -0.497 e. The molecule has 0 saturated heterocycles. The molecule has 0 radical (unpaired) electrons. The van der Waals surface area contributed by atoms with Crippen molar-refractivity contribution in [1.82, 2.24) is 14.7 Å². The minimum absolute atomic E-state index is 0.242. The third-order valence-electron chi connectivity index (χ3n) is 5.43. The Balaban J connectivity index is 1.74. The first-order valence-electron chi connectivity index (χ1n) is 11.1. The molecule has 0 bridgehead atoms. The van der Waals surface area contributed by atoms with Crippen molar-refractivity contribution in [1.29, 1.82) is 0 Å². The molecule has 4 rings (SSSR count). The van der Waals surface area contributed by atoms with Crippen LogP contribution < -0.4 is 4.74 Å². The number of rotatable bonds is 9. The molecule has 0 saturated carbocycles. The van der Waals surface area contributed by atoms with Gasteiger partial charge in [0.05, 0.1) is 25.0 Å². The lowest BCUT2D eigenvalue weighted by Gasteiger charge is -2.21. The summed E-state index contributed by atoms with van der Waals surface area (Å²) in [7, 11) is 1.61. The maximum atomic E-state index is 13.0. The molecule has 0 spiro atoms. The predicted molar refractivity (Wildman–Crippen MR) is 133 cm³/mol. The average Bonchev–Trinajstić information content (AvgIpc) is 3.32. The number of para-hydroxylation sites is 1. The molecule has 1 heterocycles. The van der Waals surface area contributed by atoms with Crippen molar-refractivity contribution in [3.8, 4) is 22.7 Å². The Bertz CT molecular complexity index is 1310. The maximum absolute atomic E-state index is 13.0. The minimum atomic E-state index is -1.17. The van der Waals surface area contributed by atoms with E-state index in [4.69, 9.17) is 14.9 Å². The van der Waals surface area contributed by atoms with Crippen molar-refractivity contribution >= 4 is 11.9 Å². The second kappa shape index (κ2) is 11.0. The van der Waals surface area contributed by atoms with Crippen LogP contribution in [0.4, 0.5) is 0 Å². The van der Waals surface area contributed by atoms with Crippen molar-refractivity contribution in [2.75, 3.05) is 7.11 Å². The number of ether oxygens (including phenoxy) is 1. The van der Waals surface area contributed by atoms with Gasteiger partial charge in [0.25, 0.3) is 0 Å². The summed E-state index contributed by atoms with van der Waals surface area (Å²) in [6.07, 6.45) is 3.85. The van der Waals surface area contributed by atoms with Crippen LogP contribution in [-0.2, 0) is 22.7 Å². The molecule has 0 unspecified atom stereocenters. The zero-order valence-corrected chi connectivity index (χ0v) is 19.2. The van der Waals surface area contributed by atoms with Gasteiger partial charge in [-0.15, -0.1) is 0 Å². The Labute approximate surface area is 203 Å². The number of carboxylic acid groups (broad SMARTS) is 1. The summed E-state index contributed by atoms with van der Waals surface area (Å²) in [4.78, 5) is 25.6. The standard InChI is InChI=1S/C28H25N3O4/c1-35-25-14-12-22(13-15-25)28-23(20-31(29-28)24-10-6-3-7-11-24)19-30(26(32)16-17-27(33)34)18-21-8-4-2-5-9-21/h2-17,20H,18-19H2,1H3,(H,33,34). The summed E-state index contributed by atoms with van der Waals surface area (Å²) in [5.74, 6) is -0.837. The van der Waals surface area contributed by atoms with Crippen LogP contribution in [-0.4, -0.2) is 38.8 Å². The monoisotopic (exact) mass is 467 g/mol. The van der Waals surface area contributed by atoms with E-state index in [-0.39, 0.29) is 6.54 Å². The fourth-order valence-corrected chi connectivity index (χ4v) is 3.70. The van der Waals surface area contributed by atoms with Gasteiger partial charge in [0, 0.05) is 36.0 Å². The largest absolute Gasteiger partial charge is 0.497 e. The fourth-order valence-electron chi connectivity index (χ4n) is 3.70. The molecule has 0 aliphatic carbocycles. The van der Waals surface area contributed by atoms with Crippen LogP contribution in [0.5, 0.6) is 5.75 Å². The number of methoxy groups -OCH3 is 1. The lowest BCUT2D eigenvalue weighted by atomic mass is 10.1. The van der Waals surface area contributed by atoms with Gasteiger partial charge in [0.1, 0.15) is 5.75 Å². The Morgan fingerprint density at radius 2 is 1.57 bits per heavy atom. The molecule has 0 aliphatic rings. The van der Waals surface area contributed by atoms with Crippen molar-refractivity contribution in [3.05, 3.63) is 114 Å². The van der Waals surface area contributed by atoms with E-state index < -0.39 is 11.9 Å². The highest BCUT2D eigenvalue weighted by atomic mass is 16.5. The van der Waals surface area contributed by atoms with Gasteiger partial charge in [-0.1, -0.05) is 48.5 Å². The molecule has 0 atom stereocenters. The molecule has 3 aromatic carbocycles. The predicted octanol–water partition coefficient (Wildman–Crippen LogP) is 4.72. The van der Waals surface area contributed by atoms with Crippen molar-refractivity contribution < 1.29 is 19.4 Å². The normalized spacial score (nSPS) is 10.9. The summed E-state index contributed by atoms with van der Waals surface area (Å²) in [6, 6.07) is 26.9. The number of aromatic nitrogens is 2. The van der Waals surface area contributed by atoms with Crippen LogP contribution in [0, 0.1) is 0 Å². The summed E-state index contributed by atoms with van der Waals surface area (Å²) < 4.78 is 7.07. The SMILES string of the molecule is COc1ccc(-c2nn(-c3ccccc3)cc2CN(Cc2ccccc2)C(=O)C=CC(=O)O)cc1. The van der Waals surface area contributed by atoms with Crippen LogP contribution >= 0.6 is 0 Å². The molecule has 0 fully saturated rings. The van der Waals surface area contributed by atoms with Gasteiger partial charge >= 0.3 is 5.97 Å². The lowest BCUT2D eigenvalue weighted by molar-refractivity contribution is -0.132. The Hall–Kier alpha value is -4.65. The number of carboxylic acids is 1. The van der Waals surface area contributed by atoms with E-state index in [2.05, 4.69) is 0 Å².